The van der Waals surface area contributed by atoms with Gasteiger partial charge in [0.25, 0.3) is 0 Å². The lowest BCUT2D eigenvalue weighted by molar-refractivity contribution is 0.101. The van der Waals surface area contributed by atoms with Gasteiger partial charge in [-0.05, 0) is 30.9 Å². The van der Waals surface area contributed by atoms with E-state index < -0.39 is 0 Å². The molecule has 1 aliphatic carbocycles. The molecule has 1 N–H and O–H groups in total. The van der Waals surface area contributed by atoms with Crippen molar-refractivity contribution in [3.05, 3.63) is 34.1 Å². The van der Waals surface area contributed by atoms with Gasteiger partial charge in [0.05, 0.1) is 0 Å². The molecular formula is C17H25BrClFN2. The van der Waals surface area contributed by atoms with Crippen molar-refractivity contribution in [3.8, 4) is 0 Å². The van der Waals surface area contributed by atoms with Gasteiger partial charge in [-0.25, -0.2) is 4.39 Å². The van der Waals surface area contributed by atoms with Crippen LogP contribution in [-0.4, -0.2) is 31.1 Å². The third-order valence-electron chi connectivity index (χ3n) is 4.92. The van der Waals surface area contributed by atoms with Crippen LogP contribution < -0.4 is 5.32 Å². The van der Waals surface area contributed by atoms with Crippen LogP contribution in [0.15, 0.2) is 22.7 Å². The molecule has 1 saturated heterocycles. The molecular weight excluding hydrogens is 367 g/mol. The van der Waals surface area contributed by atoms with Gasteiger partial charge in [-0.1, -0.05) is 41.3 Å². The summed E-state index contributed by atoms with van der Waals surface area (Å²) in [6.07, 6.45) is 6.42. The number of halogens is 3. The second-order valence-corrected chi connectivity index (χ2v) is 7.21. The Hall–Kier alpha value is -0.160. The first-order chi connectivity index (χ1) is 10.3. The largest absolute Gasteiger partial charge is 0.314 e. The Morgan fingerprint density at radius 2 is 1.82 bits per heavy atom. The minimum Gasteiger partial charge on any atom is -0.314 e. The number of nitrogens with zero attached hydrogens (tertiary/aromatic N) is 1. The van der Waals surface area contributed by atoms with Crippen LogP contribution in [-0.2, 0) is 0 Å². The zero-order valence-electron chi connectivity index (χ0n) is 12.9. The summed E-state index contributed by atoms with van der Waals surface area (Å²) in [6.45, 7) is 4.08. The predicted octanol–water partition coefficient (Wildman–Crippen LogP) is 4.54. The van der Waals surface area contributed by atoms with E-state index in [1.54, 1.807) is 6.07 Å². The molecule has 124 valence electrons. The summed E-state index contributed by atoms with van der Waals surface area (Å²) in [6, 6.07) is 5.84. The molecule has 1 aromatic rings. The third-order valence-corrected chi connectivity index (χ3v) is 5.42. The van der Waals surface area contributed by atoms with Gasteiger partial charge in [0.2, 0.25) is 0 Å². The lowest BCUT2D eigenvalue weighted by Gasteiger charge is -2.41. The summed E-state index contributed by atoms with van der Waals surface area (Å²) < 4.78 is 15.4. The average molecular weight is 392 g/mol. The van der Waals surface area contributed by atoms with E-state index >= 15 is 0 Å². The number of hydrogen-bond donors (Lipinski definition) is 1. The predicted molar refractivity (Wildman–Crippen MR) is 95.1 cm³/mol. The molecule has 3 rings (SSSR count). The summed E-state index contributed by atoms with van der Waals surface area (Å²) in [5.41, 5.74) is 0.895. The molecule has 1 aromatic carbocycles. The lowest BCUT2D eigenvalue weighted by atomic mass is 9.80. The van der Waals surface area contributed by atoms with E-state index in [1.807, 2.05) is 12.1 Å². The molecule has 0 radical (unpaired) electrons. The van der Waals surface area contributed by atoms with Gasteiger partial charge in [0.15, 0.2) is 0 Å². The van der Waals surface area contributed by atoms with E-state index in [9.17, 15) is 4.39 Å². The molecule has 1 atom stereocenters. The van der Waals surface area contributed by atoms with Gasteiger partial charge < -0.3 is 5.32 Å². The van der Waals surface area contributed by atoms with Gasteiger partial charge in [0.1, 0.15) is 5.82 Å². The van der Waals surface area contributed by atoms with Crippen molar-refractivity contribution in [3.63, 3.8) is 0 Å². The summed E-state index contributed by atoms with van der Waals surface area (Å²) >= 11 is 3.37. The Morgan fingerprint density at radius 1 is 1.14 bits per heavy atom. The molecule has 0 unspecified atom stereocenters. The van der Waals surface area contributed by atoms with Crippen LogP contribution >= 0.6 is 28.3 Å². The molecule has 0 bridgehead atoms. The van der Waals surface area contributed by atoms with Crippen molar-refractivity contribution in [1.29, 1.82) is 0 Å². The molecule has 0 amide bonds. The maximum Gasteiger partial charge on any atom is 0.129 e. The smallest absolute Gasteiger partial charge is 0.129 e. The highest BCUT2D eigenvalue weighted by molar-refractivity contribution is 9.10. The fourth-order valence-electron chi connectivity index (χ4n) is 3.90. The highest BCUT2D eigenvalue weighted by atomic mass is 79.9. The zero-order chi connectivity index (χ0) is 14.7. The van der Waals surface area contributed by atoms with Crippen LogP contribution in [0.3, 0.4) is 0 Å². The van der Waals surface area contributed by atoms with Crippen molar-refractivity contribution in [2.24, 2.45) is 5.92 Å². The SMILES string of the molecule is Cl.Fc1cc(Br)ccc1[C@H](C1CCCCC1)N1CCNCC1. The summed E-state index contributed by atoms with van der Waals surface area (Å²) in [7, 11) is 0. The Balaban J connectivity index is 0.00000176. The van der Waals surface area contributed by atoms with Gasteiger partial charge in [-0.15, -0.1) is 12.4 Å². The maximum absolute atomic E-state index is 14.5. The number of piperazine rings is 1. The first-order valence-corrected chi connectivity index (χ1v) is 8.95. The van der Waals surface area contributed by atoms with Crippen molar-refractivity contribution in [1.82, 2.24) is 10.2 Å². The zero-order valence-corrected chi connectivity index (χ0v) is 15.3. The summed E-state index contributed by atoms with van der Waals surface area (Å²) in [4.78, 5) is 2.50. The van der Waals surface area contributed by atoms with E-state index in [0.29, 0.717) is 5.92 Å². The van der Waals surface area contributed by atoms with E-state index in [4.69, 9.17) is 0 Å². The molecule has 2 fully saturated rings. The second-order valence-electron chi connectivity index (χ2n) is 6.29. The maximum atomic E-state index is 14.5. The molecule has 22 heavy (non-hydrogen) atoms. The first kappa shape index (κ1) is 18.2. The Bertz CT molecular complexity index is 456. The number of nitrogens with one attached hydrogen (secondary N) is 1. The van der Waals surface area contributed by atoms with E-state index in [1.165, 1.54) is 32.1 Å². The van der Waals surface area contributed by atoms with Crippen LogP contribution in [0.1, 0.15) is 43.7 Å². The monoisotopic (exact) mass is 390 g/mol. The average Bonchev–Trinajstić information content (AvgIpc) is 2.52. The Morgan fingerprint density at radius 3 is 2.45 bits per heavy atom. The molecule has 1 saturated carbocycles. The fourth-order valence-corrected chi connectivity index (χ4v) is 4.23. The van der Waals surface area contributed by atoms with Gasteiger partial charge >= 0.3 is 0 Å². The topological polar surface area (TPSA) is 15.3 Å². The van der Waals surface area contributed by atoms with Gasteiger partial charge in [-0.3, -0.25) is 4.90 Å². The van der Waals surface area contributed by atoms with Crippen molar-refractivity contribution in [2.45, 2.75) is 38.1 Å². The molecule has 5 heteroatoms. The highest BCUT2D eigenvalue weighted by Gasteiger charge is 2.32. The summed E-state index contributed by atoms with van der Waals surface area (Å²) in [5, 5.41) is 3.40. The van der Waals surface area contributed by atoms with Crippen LogP contribution in [0, 0.1) is 11.7 Å². The normalized spacial score (nSPS) is 22.1. The number of rotatable bonds is 3. The van der Waals surface area contributed by atoms with Crippen LogP contribution in [0.4, 0.5) is 4.39 Å². The van der Waals surface area contributed by atoms with Crippen LogP contribution in [0.2, 0.25) is 0 Å². The molecule has 1 aliphatic heterocycles. The molecule has 0 spiro atoms. The van der Waals surface area contributed by atoms with Gasteiger partial charge in [0, 0.05) is 42.3 Å². The fraction of sp³-hybridized carbons (Fsp3) is 0.647. The Kier molecular flexibility index (Phi) is 7.13. The first-order valence-electron chi connectivity index (χ1n) is 8.15. The minimum absolute atomic E-state index is 0. The third kappa shape index (κ3) is 4.22. The molecule has 2 nitrogen and oxygen atoms in total. The lowest BCUT2D eigenvalue weighted by Crippen LogP contribution is -2.47. The van der Waals surface area contributed by atoms with Crippen LogP contribution in [0.25, 0.3) is 0 Å². The van der Waals surface area contributed by atoms with Crippen LogP contribution in [0.5, 0.6) is 0 Å². The minimum atomic E-state index is -0.0570. The van der Waals surface area contributed by atoms with Gasteiger partial charge in [-0.2, -0.15) is 0 Å². The molecule has 0 aromatic heterocycles. The highest BCUT2D eigenvalue weighted by Crippen LogP contribution is 2.39. The molecule has 1 heterocycles. The van der Waals surface area contributed by atoms with Crippen molar-refractivity contribution in [2.75, 3.05) is 26.2 Å². The number of hydrogen-bond acceptors (Lipinski definition) is 2. The van der Waals surface area contributed by atoms with Crippen molar-refractivity contribution < 1.29 is 4.39 Å². The van der Waals surface area contributed by atoms with Crippen molar-refractivity contribution >= 4 is 28.3 Å². The quantitative estimate of drug-likeness (QED) is 0.814. The molecule has 2 aliphatic rings. The van der Waals surface area contributed by atoms with E-state index in [-0.39, 0.29) is 24.3 Å². The Labute approximate surface area is 147 Å². The standard InChI is InChI=1S/C17H24BrFN2.ClH/c18-14-6-7-15(16(19)12-14)17(13-4-2-1-3-5-13)21-10-8-20-9-11-21;/h6-7,12-13,17,20H,1-5,8-11H2;1H/t17-;/m0./s1. The van der Waals surface area contributed by atoms with E-state index in [0.717, 1.165) is 36.2 Å². The number of benzene rings is 1. The second kappa shape index (κ2) is 8.62. The summed E-state index contributed by atoms with van der Waals surface area (Å²) in [5.74, 6) is 0.547. The van der Waals surface area contributed by atoms with E-state index in [2.05, 4.69) is 26.1 Å².